The number of rotatable bonds is 4. The maximum absolute atomic E-state index is 14.0. The SMILES string of the molecule is C=C1CC2CCC3O[C@@H]4[C@@H]5OC(CC)[C@H](O3)[C@@H]5O[C@H]3CCC(CC(=O)CC5C(C[C@H]6OC(CC[C@@H]1O2)C[C@@H](C)C6=C)OC(CC=O)[C@@H]5OC)O[C@H]43. The summed E-state index contributed by atoms with van der Waals surface area (Å²) < 4.78 is 59.3. The van der Waals surface area contributed by atoms with Gasteiger partial charge in [-0.05, 0) is 68.4 Å². The highest BCUT2D eigenvalue weighted by molar-refractivity contribution is 5.79. The standard InChI is InChI=1S/C40H58O11/c1-6-28-36-38-40(48-28)39-37-30(49-38)11-8-26(46-37)17-23(42)18-27-33(47-31(13-14-41)35(27)43-5)19-32-22(4)20(2)15-24(45-32)7-10-29-21(3)16-25(44-29)9-12-34(50-36)51-39/h14,20,24-40H,3-4,6-13,15-19H2,1-2,5H3/t20-,24?,25?,26?,27?,28?,29+,30+,31?,32-,33?,34?,35-,36+,37+,38+,39+,40-/m1/s1. The van der Waals surface area contributed by atoms with Crippen LogP contribution in [0.15, 0.2) is 24.3 Å². The van der Waals surface area contributed by atoms with Gasteiger partial charge in [-0.25, -0.2) is 0 Å². The van der Waals surface area contributed by atoms with Gasteiger partial charge in [-0.3, -0.25) is 4.79 Å². The number of fused-ring (bicyclic) bond motifs is 7. The van der Waals surface area contributed by atoms with Crippen molar-refractivity contribution >= 4 is 12.1 Å². The molecule has 11 nitrogen and oxygen atoms in total. The summed E-state index contributed by atoms with van der Waals surface area (Å²) >= 11 is 0. The van der Waals surface area contributed by atoms with E-state index in [2.05, 4.69) is 27.0 Å². The van der Waals surface area contributed by atoms with Crippen LogP contribution in [0.3, 0.4) is 0 Å². The zero-order valence-electron chi connectivity index (χ0n) is 30.6. The van der Waals surface area contributed by atoms with Crippen LogP contribution in [0.25, 0.3) is 0 Å². The minimum atomic E-state index is -0.432. The first kappa shape index (κ1) is 36.4. The molecule has 8 rings (SSSR count). The highest BCUT2D eigenvalue weighted by atomic mass is 16.7. The molecule has 0 N–H and O–H groups in total. The number of hydrogen-bond acceptors (Lipinski definition) is 11. The third kappa shape index (κ3) is 7.21. The zero-order valence-corrected chi connectivity index (χ0v) is 30.6. The number of hydrogen-bond donors (Lipinski definition) is 0. The van der Waals surface area contributed by atoms with Crippen molar-refractivity contribution in [1.29, 1.82) is 0 Å². The Bertz CT molecular complexity index is 1300. The fraction of sp³-hybridized carbons (Fsp3) is 0.850. The second-order valence-electron chi connectivity index (χ2n) is 16.5. The molecule has 0 aromatic rings. The van der Waals surface area contributed by atoms with Crippen LogP contribution in [0.4, 0.5) is 0 Å². The maximum Gasteiger partial charge on any atom is 0.158 e. The van der Waals surface area contributed by atoms with Crippen LogP contribution in [0.5, 0.6) is 0 Å². The van der Waals surface area contributed by atoms with Gasteiger partial charge in [0.05, 0.1) is 61.0 Å². The van der Waals surface area contributed by atoms with Crippen LogP contribution in [-0.4, -0.2) is 117 Å². The molecule has 0 radical (unpaired) electrons. The molecule has 8 saturated heterocycles. The molecule has 0 saturated carbocycles. The lowest BCUT2D eigenvalue weighted by Gasteiger charge is -2.47. The molecule has 8 fully saturated rings. The normalized spacial score (nSPS) is 50.4. The van der Waals surface area contributed by atoms with Gasteiger partial charge in [-0.15, -0.1) is 0 Å². The lowest BCUT2D eigenvalue weighted by Crippen LogP contribution is -2.61. The molecular weight excluding hydrogens is 656 g/mol. The molecule has 11 heteroatoms. The second-order valence-corrected chi connectivity index (χ2v) is 16.5. The van der Waals surface area contributed by atoms with Crippen molar-refractivity contribution in [2.45, 2.75) is 195 Å². The summed E-state index contributed by atoms with van der Waals surface area (Å²) in [5, 5.41) is 0. The Hall–Kier alpha value is -1.54. The minimum absolute atomic E-state index is 0.0127. The van der Waals surface area contributed by atoms with E-state index in [0.29, 0.717) is 12.8 Å². The summed E-state index contributed by atoms with van der Waals surface area (Å²) in [5.41, 5.74) is 2.19. The van der Waals surface area contributed by atoms with Crippen LogP contribution in [-0.2, 0) is 52.2 Å². The smallest absolute Gasteiger partial charge is 0.158 e. The number of ether oxygens (including phenoxy) is 9. The predicted octanol–water partition coefficient (Wildman–Crippen LogP) is 4.95. The lowest BCUT2D eigenvalue weighted by molar-refractivity contribution is -0.283. The van der Waals surface area contributed by atoms with Crippen LogP contribution in [0, 0.1) is 11.8 Å². The van der Waals surface area contributed by atoms with E-state index in [-0.39, 0.29) is 122 Å². The quantitative estimate of drug-likeness (QED) is 0.291. The van der Waals surface area contributed by atoms with Crippen molar-refractivity contribution in [2.75, 3.05) is 7.11 Å². The first-order valence-corrected chi connectivity index (χ1v) is 19.8. The maximum atomic E-state index is 14.0. The molecule has 0 aromatic carbocycles. The van der Waals surface area contributed by atoms with E-state index >= 15 is 0 Å². The van der Waals surface area contributed by atoms with E-state index in [0.717, 1.165) is 68.8 Å². The van der Waals surface area contributed by atoms with Crippen molar-refractivity contribution in [1.82, 2.24) is 0 Å². The highest BCUT2D eigenvalue weighted by Gasteiger charge is 2.61. The van der Waals surface area contributed by atoms with Gasteiger partial charge in [0.2, 0.25) is 0 Å². The average molecular weight is 715 g/mol. The Labute approximate surface area is 302 Å². The van der Waals surface area contributed by atoms with Crippen molar-refractivity contribution in [3.8, 4) is 0 Å². The van der Waals surface area contributed by atoms with Crippen molar-refractivity contribution in [3.05, 3.63) is 24.3 Å². The fourth-order valence-electron chi connectivity index (χ4n) is 10.5. The number of carbonyl (C=O) groups excluding carboxylic acids is 2. The van der Waals surface area contributed by atoms with E-state index in [9.17, 15) is 9.59 Å². The summed E-state index contributed by atoms with van der Waals surface area (Å²) in [6.45, 7) is 13.2. The average Bonchev–Trinajstić information content (AvgIpc) is 3.73. The monoisotopic (exact) mass is 714 g/mol. The number of ketones is 1. The Kier molecular flexibility index (Phi) is 10.9. The van der Waals surface area contributed by atoms with E-state index < -0.39 is 12.4 Å². The van der Waals surface area contributed by atoms with Gasteiger partial charge in [-0.1, -0.05) is 27.0 Å². The second kappa shape index (κ2) is 15.3. The van der Waals surface area contributed by atoms with Crippen molar-refractivity contribution in [3.63, 3.8) is 0 Å². The molecular formula is C40H58O11. The van der Waals surface area contributed by atoms with Gasteiger partial charge < -0.3 is 47.4 Å². The van der Waals surface area contributed by atoms with E-state index in [4.69, 9.17) is 42.6 Å². The van der Waals surface area contributed by atoms with Crippen LogP contribution in [0.1, 0.15) is 97.3 Å². The van der Waals surface area contributed by atoms with Crippen LogP contribution >= 0.6 is 0 Å². The lowest BCUT2D eigenvalue weighted by atomic mass is 9.81. The van der Waals surface area contributed by atoms with E-state index in [1.54, 1.807) is 7.11 Å². The predicted molar refractivity (Wildman–Crippen MR) is 184 cm³/mol. The first-order valence-electron chi connectivity index (χ1n) is 19.8. The molecule has 0 aromatic heterocycles. The highest BCUT2D eigenvalue weighted by Crippen LogP contribution is 2.46. The van der Waals surface area contributed by atoms with Crippen molar-refractivity contribution in [2.24, 2.45) is 11.8 Å². The Morgan fingerprint density at radius 1 is 0.706 bits per heavy atom. The summed E-state index contributed by atoms with van der Waals surface area (Å²) in [5.74, 6) is 0.157. The number of aldehydes is 1. The van der Waals surface area contributed by atoms with E-state index in [1.165, 1.54) is 0 Å². The van der Waals surface area contributed by atoms with Gasteiger partial charge in [0, 0.05) is 45.1 Å². The van der Waals surface area contributed by atoms with Gasteiger partial charge >= 0.3 is 0 Å². The third-order valence-electron chi connectivity index (χ3n) is 13.2. The Morgan fingerprint density at radius 2 is 1.43 bits per heavy atom. The minimum Gasteiger partial charge on any atom is -0.378 e. The molecule has 0 aliphatic carbocycles. The molecule has 8 aliphatic heterocycles. The molecule has 11 bridgehead atoms. The molecule has 0 amide bonds. The Morgan fingerprint density at radius 3 is 2.24 bits per heavy atom. The zero-order chi connectivity index (χ0) is 35.4. The van der Waals surface area contributed by atoms with Crippen LogP contribution < -0.4 is 0 Å². The molecule has 8 heterocycles. The van der Waals surface area contributed by atoms with E-state index in [1.807, 2.05) is 0 Å². The molecule has 18 atom stereocenters. The molecule has 284 valence electrons. The number of carbonyl (C=O) groups is 2. The first-order chi connectivity index (χ1) is 24.7. The topological polar surface area (TPSA) is 117 Å². The summed E-state index contributed by atoms with van der Waals surface area (Å²) in [7, 11) is 1.64. The molecule has 8 unspecified atom stereocenters. The van der Waals surface area contributed by atoms with Gasteiger partial charge in [0.25, 0.3) is 0 Å². The van der Waals surface area contributed by atoms with Gasteiger partial charge in [0.15, 0.2) is 6.29 Å². The largest absolute Gasteiger partial charge is 0.378 e. The Balaban J connectivity index is 1.06. The van der Waals surface area contributed by atoms with Crippen molar-refractivity contribution < 1.29 is 52.2 Å². The number of methoxy groups -OCH3 is 1. The summed E-state index contributed by atoms with van der Waals surface area (Å²) in [6, 6.07) is 0. The van der Waals surface area contributed by atoms with Gasteiger partial charge in [-0.2, -0.15) is 0 Å². The van der Waals surface area contributed by atoms with Crippen LogP contribution in [0.2, 0.25) is 0 Å². The number of Topliss-reactive ketones (excluding diaryl/α,β-unsaturated/α-hetero) is 1. The summed E-state index contributed by atoms with van der Waals surface area (Å²) in [4.78, 5) is 25.6. The third-order valence-corrected chi connectivity index (χ3v) is 13.2. The summed E-state index contributed by atoms with van der Waals surface area (Å²) in [6.07, 6.45) is 5.85. The molecule has 0 spiro atoms. The molecule has 51 heavy (non-hydrogen) atoms. The molecule has 8 aliphatic rings. The van der Waals surface area contributed by atoms with Gasteiger partial charge in [0.1, 0.15) is 42.6 Å². The fourth-order valence-corrected chi connectivity index (χ4v) is 10.5.